The predicted octanol–water partition coefficient (Wildman–Crippen LogP) is -0.271. The molecule has 122 valence electrons. The first kappa shape index (κ1) is 15.1. The number of rotatable bonds is 2. The van der Waals surface area contributed by atoms with Crippen LogP contribution in [0.5, 0.6) is 0 Å². The standard InChI is InChI=1S/C14H17N5O4/c1-7-6-18-9-10(16(3)14(22)17(4)11(9)20)15-13(18)19(7)8(2)12(21)23-5/h6,8H,1-5H3/t8-/m1/s1. The Morgan fingerprint density at radius 3 is 2.52 bits per heavy atom. The highest BCUT2D eigenvalue weighted by Crippen LogP contribution is 2.21. The number of carbonyl (C=O) groups excluding carboxylic acids is 1. The van der Waals surface area contributed by atoms with Crippen molar-refractivity contribution in [1.82, 2.24) is 23.1 Å². The molecule has 3 aromatic heterocycles. The van der Waals surface area contributed by atoms with Gasteiger partial charge in [0.15, 0.2) is 11.2 Å². The number of carbonyl (C=O) groups is 1. The number of aromatic nitrogens is 5. The molecule has 9 heteroatoms. The molecule has 0 amide bonds. The molecule has 0 spiro atoms. The highest BCUT2D eigenvalue weighted by molar-refractivity contribution is 5.78. The van der Waals surface area contributed by atoms with Gasteiger partial charge in [0.05, 0.1) is 7.11 Å². The number of fused-ring (bicyclic) bond motifs is 3. The normalized spacial score (nSPS) is 12.9. The highest BCUT2D eigenvalue weighted by atomic mass is 16.5. The third-order valence-corrected chi connectivity index (χ3v) is 4.11. The van der Waals surface area contributed by atoms with Crippen molar-refractivity contribution < 1.29 is 9.53 Å². The maximum Gasteiger partial charge on any atom is 0.332 e. The fourth-order valence-electron chi connectivity index (χ4n) is 2.86. The van der Waals surface area contributed by atoms with Crippen molar-refractivity contribution in [2.75, 3.05) is 7.11 Å². The topological polar surface area (TPSA) is 92.5 Å². The van der Waals surface area contributed by atoms with E-state index < -0.39 is 23.3 Å². The van der Waals surface area contributed by atoms with E-state index in [9.17, 15) is 14.4 Å². The number of methoxy groups -OCH3 is 1. The summed E-state index contributed by atoms with van der Waals surface area (Å²) in [5.74, 6) is -0.00579. The fourth-order valence-corrected chi connectivity index (χ4v) is 2.86. The Hall–Kier alpha value is -2.84. The van der Waals surface area contributed by atoms with E-state index in [1.807, 2.05) is 6.92 Å². The molecule has 0 aliphatic carbocycles. The molecule has 23 heavy (non-hydrogen) atoms. The zero-order chi connectivity index (χ0) is 17.0. The second-order valence-electron chi connectivity index (χ2n) is 5.50. The molecule has 9 nitrogen and oxygen atoms in total. The molecule has 0 N–H and O–H groups in total. The molecule has 3 aromatic rings. The molecule has 0 bridgehead atoms. The molecule has 0 aliphatic rings. The lowest BCUT2D eigenvalue weighted by Crippen LogP contribution is -2.37. The van der Waals surface area contributed by atoms with Crippen molar-refractivity contribution in [3.63, 3.8) is 0 Å². The first-order valence-electron chi connectivity index (χ1n) is 7.03. The van der Waals surface area contributed by atoms with Crippen LogP contribution in [0.3, 0.4) is 0 Å². The van der Waals surface area contributed by atoms with Crippen molar-refractivity contribution in [1.29, 1.82) is 0 Å². The van der Waals surface area contributed by atoms with Crippen molar-refractivity contribution >= 4 is 22.9 Å². The lowest BCUT2D eigenvalue weighted by atomic mass is 10.3. The van der Waals surface area contributed by atoms with Gasteiger partial charge >= 0.3 is 11.7 Å². The van der Waals surface area contributed by atoms with Crippen molar-refractivity contribution in [3.8, 4) is 0 Å². The molecular formula is C14H17N5O4. The van der Waals surface area contributed by atoms with E-state index in [2.05, 4.69) is 4.98 Å². The van der Waals surface area contributed by atoms with Crippen LogP contribution in [0.4, 0.5) is 0 Å². The zero-order valence-electron chi connectivity index (χ0n) is 13.5. The molecule has 3 rings (SSSR count). The van der Waals surface area contributed by atoms with Crippen molar-refractivity contribution in [2.45, 2.75) is 19.9 Å². The van der Waals surface area contributed by atoms with Gasteiger partial charge in [-0.3, -0.25) is 18.3 Å². The summed E-state index contributed by atoms with van der Waals surface area (Å²) in [5, 5.41) is 0. The Morgan fingerprint density at radius 1 is 1.26 bits per heavy atom. The molecule has 0 aliphatic heterocycles. The monoisotopic (exact) mass is 319 g/mol. The summed E-state index contributed by atoms with van der Waals surface area (Å²) >= 11 is 0. The lowest BCUT2D eigenvalue weighted by molar-refractivity contribution is -0.143. The average Bonchev–Trinajstić information content (AvgIpc) is 3.03. The summed E-state index contributed by atoms with van der Waals surface area (Å²) in [5.41, 5.74) is 0.441. The Balaban J connectivity index is 2.48. The van der Waals surface area contributed by atoms with Gasteiger partial charge in [-0.2, -0.15) is 4.98 Å². The van der Waals surface area contributed by atoms with E-state index in [4.69, 9.17) is 4.74 Å². The van der Waals surface area contributed by atoms with Crippen molar-refractivity contribution in [3.05, 3.63) is 32.7 Å². The van der Waals surface area contributed by atoms with E-state index in [0.717, 1.165) is 10.3 Å². The van der Waals surface area contributed by atoms with Crippen LogP contribution in [0, 0.1) is 6.92 Å². The van der Waals surface area contributed by atoms with Crippen LogP contribution in [0.15, 0.2) is 15.8 Å². The summed E-state index contributed by atoms with van der Waals surface area (Å²) in [6, 6.07) is -0.602. The summed E-state index contributed by atoms with van der Waals surface area (Å²) < 4.78 is 10.4. The third kappa shape index (κ3) is 1.85. The largest absolute Gasteiger partial charge is 0.467 e. The Morgan fingerprint density at radius 2 is 1.91 bits per heavy atom. The van der Waals surface area contributed by atoms with Gasteiger partial charge in [0, 0.05) is 26.0 Å². The van der Waals surface area contributed by atoms with Crippen LogP contribution in [0.25, 0.3) is 16.9 Å². The van der Waals surface area contributed by atoms with Crippen LogP contribution >= 0.6 is 0 Å². The Bertz CT molecular complexity index is 1070. The molecule has 3 heterocycles. The van der Waals surface area contributed by atoms with E-state index in [-0.39, 0.29) is 5.65 Å². The smallest absolute Gasteiger partial charge is 0.332 e. The van der Waals surface area contributed by atoms with Crippen LogP contribution in [-0.2, 0) is 23.6 Å². The summed E-state index contributed by atoms with van der Waals surface area (Å²) in [6.45, 7) is 3.50. The molecule has 0 saturated carbocycles. The molecule has 0 aromatic carbocycles. The molecule has 1 atom stereocenters. The Kier molecular flexibility index (Phi) is 3.17. The second-order valence-corrected chi connectivity index (χ2v) is 5.50. The number of ether oxygens (including phenoxy) is 1. The number of aryl methyl sites for hydroxylation is 2. The minimum Gasteiger partial charge on any atom is -0.467 e. The maximum atomic E-state index is 12.4. The fraction of sp³-hybridized carbons (Fsp3) is 0.429. The van der Waals surface area contributed by atoms with Crippen LogP contribution < -0.4 is 11.2 Å². The summed E-state index contributed by atoms with van der Waals surface area (Å²) in [4.78, 5) is 40.7. The first-order valence-corrected chi connectivity index (χ1v) is 7.03. The van der Waals surface area contributed by atoms with Gasteiger partial charge in [-0.05, 0) is 13.8 Å². The van der Waals surface area contributed by atoms with E-state index in [1.54, 1.807) is 29.1 Å². The quantitative estimate of drug-likeness (QED) is 0.606. The zero-order valence-corrected chi connectivity index (χ0v) is 13.5. The SMILES string of the molecule is COC(=O)[C@@H](C)n1c(C)cn2c3c(=O)n(C)c(=O)n(C)c3nc12. The third-order valence-electron chi connectivity index (χ3n) is 4.11. The second kappa shape index (κ2) is 4.83. The number of esters is 1. The van der Waals surface area contributed by atoms with E-state index in [1.165, 1.54) is 18.7 Å². The van der Waals surface area contributed by atoms with Gasteiger partial charge in [-0.1, -0.05) is 0 Å². The van der Waals surface area contributed by atoms with Gasteiger partial charge in [0.25, 0.3) is 5.56 Å². The Labute approximate surface area is 130 Å². The number of hydrogen-bond donors (Lipinski definition) is 0. The van der Waals surface area contributed by atoms with Gasteiger partial charge in [0.1, 0.15) is 6.04 Å². The predicted molar refractivity (Wildman–Crippen MR) is 82.6 cm³/mol. The first-order chi connectivity index (χ1) is 10.8. The molecule has 0 radical (unpaired) electrons. The average molecular weight is 319 g/mol. The minimum atomic E-state index is -0.602. The number of imidazole rings is 2. The van der Waals surface area contributed by atoms with Gasteiger partial charge in [-0.25, -0.2) is 9.59 Å². The highest BCUT2D eigenvalue weighted by Gasteiger charge is 2.24. The van der Waals surface area contributed by atoms with Gasteiger partial charge in [-0.15, -0.1) is 0 Å². The molecule has 0 saturated heterocycles. The summed E-state index contributed by atoms with van der Waals surface area (Å²) in [6.07, 6.45) is 1.72. The van der Waals surface area contributed by atoms with E-state index >= 15 is 0 Å². The number of nitrogens with zero attached hydrogens (tertiary/aromatic N) is 5. The maximum absolute atomic E-state index is 12.4. The van der Waals surface area contributed by atoms with Crippen LogP contribution in [0.2, 0.25) is 0 Å². The van der Waals surface area contributed by atoms with E-state index in [0.29, 0.717) is 11.3 Å². The molecule has 0 unspecified atom stereocenters. The minimum absolute atomic E-state index is 0.277. The lowest BCUT2D eigenvalue weighted by Gasteiger charge is -2.12. The van der Waals surface area contributed by atoms with Gasteiger partial charge in [0.2, 0.25) is 5.78 Å². The number of hydrogen-bond acceptors (Lipinski definition) is 5. The van der Waals surface area contributed by atoms with Crippen LogP contribution in [-0.4, -0.2) is 36.2 Å². The van der Waals surface area contributed by atoms with Crippen LogP contribution in [0.1, 0.15) is 18.7 Å². The molecule has 0 fully saturated rings. The summed E-state index contributed by atoms with van der Waals surface area (Å²) in [7, 11) is 4.29. The van der Waals surface area contributed by atoms with Crippen molar-refractivity contribution in [2.24, 2.45) is 14.1 Å². The van der Waals surface area contributed by atoms with Gasteiger partial charge < -0.3 is 9.30 Å². The molecular weight excluding hydrogens is 302 g/mol.